The summed E-state index contributed by atoms with van der Waals surface area (Å²) in [5.74, 6) is -1.49. The Kier molecular flexibility index (Phi) is 4.94. The first-order valence-electron chi connectivity index (χ1n) is 7.50. The molecule has 0 aromatic heterocycles. The third-order valence-electron chi connectivity index (χ3n) is 4.60. The standard InChI is InChI=1S/C15H18F3N3O4/c1-14(25-2)10(13(19)22)4-3-7-20(14)12-6-5-9(21(23)24)8-11(12)15(16,17)18/h5-6,8,10H,3-4,7H2,1-2H3,(H2,19,22). The number of rotatable bonds is 4. The molecule has 1 amide bonds. The van der Waals surface area contributed by atoms with E-state index in [4.69, 9.17) is 10.5 Å². The second-order valence-corrected chi connectivity index (χ2v) is 5.96. The van der Waals surface area contributed by atoms with Crippen LogP contribution in [0.5, 0.6) is 0 Å². The fourth-order valence-electron chi connectivity index (χ4n) is 3.25. The summed E-state index contributed by atoms with van der Waals surface area (Å²) in [4.78, 5) is 23.0. The van der Waals surface area contributed by atoms with Gasteiger partial charge in [-0.3, -0.25) is 14.9 Å². The Balaban J connectivity index is 2.62. The number of hydrogen-bond donors (Lipinski definition) is 1. The van der Waals surface area contributed by atoms with E-state index in [1.807, 2.05) is 0 Å². The zero-order chi connectivity index (χ0) is 19.0. The molecule has 0 aliphatic carbocycles. The molecular formula is C15H18F3N3O4. The van der Waals surface area contributed by atoms with E-state index >= 15 is 0 Å². The van der Waals surface area contributed by atoms with Crippen molar-refractivity contribution in [2.24, 2.45) is 11.7 Å². The van der Waals surface area contributed by atoms with E-state index in [1.165, 1.54) is 18.9 Å². The van der Waals surface area contributed by atoms with Gasteiger partial charge in [0.15, 0.2) is 0 Å². The first-order valence-corrected chi connectivity index (χ1v) is 7.50. The molecule has 0 spiro atoms. The van der Waals surface area contributed by atoms with E-state index in [0.717, 1.165) is 12.1 Å². The number of amides is 1. The second kappa shape index (κ2) is 6.51. The number of halogens is 3. The highest BCUT2D eigenvalue weighted by Crippen LogP contribution is 2.44. The lowest BCUT2D eigenvalue weighted by molar-refractivity contribution is -0.385. The van der Waals surface area contributed by atoms with Crippen LogP contribution in [0, 0.1) is 16.0 Å². The smallest absolute Gasteiger partial charge is 0.369 e. The van der Waals surface area contributed by atoms with Gasteiger partial charge in [0.05, 0.1) is 22.1 Å². The molecule has 1 aliphatic rings. The number of anilines is 1. The fraction of sp³-hybridized carbons (Fsp3) is 0.533. The number of nitrogens with two attached hydrogens (primary N) is 1. The van der Waals surface area contributed by atoms with E-state index in [0.29, 0.717) is 18.9 Å². The summed E-state index contributed by atoms with van der Waals surface area (Å²) in [7, 11) is 1.28. The van der Waals surface area contributed by atoms with Crippen LogP contribution in [0.2, 0.25) is 0 Å². The molecule has 1 aliphatic heterocycles. The van der Waals surface area contributed by atoms with Crippen molar-refractivity contribution in [3.8, 4) is 0 Å². The van der Waals surface area contributed by atoms with Gasteiger partial charge >= 0.3 is 6.18 Å². The van der Waals surface area contributed by atoms with Crippen LogP contribution >= 0.6 is 0 Å². The number of alkyl halides is 3. The van der Waals surface area contributed by atoms with Crippen molar-refractivity contribution in [2.45, 2.75) is 31.7 Å². The Morgan fingerprint density at radius 3 is 2.60 bits per heavy atom. The zero-order valence-corrected chi connectivity index (χ0v) is 13.7. The first-order chi connectivity index (χ1) is 11.5. The summed E-state index contributed by atoms with van der Waals surface area (Å²) in [6.07, 6.45) is -4.00. The van der Waals surface area contributed by atoms with E-state index in [2.05, 4.69) is 0 Å². The molecule has 0 saturated carbocycles. The molecular weight excluding hydrogens is 343 g/mol. The summed E-state index contributed by atoms with van der Waals surface area (Å²) >= 11 is 0. The Bertz CT molecular complexity index is 695. The van der Waals surface area contributed by atoms with Crippen LogP contribution in [-0.4, -0.2) is 30.2 Å². The molecule has 2 N–H and O–H groups in total. The Morgan fingerprint density at radius 1 is 1.48 bits per heavy atom. The van der Waals surface area contributed by atoms with Crippen molar-refractivity contribution in [2.75, 3.05) is 18.6 Å². The van der Waals surface area contributed by atoms with Gasteiger partial charge in [0.25, 0.3) is 5.69 Å². The van der Waals surface area contributed by atoms with E-state index in [-0.39, 0.29) is 12.2 Å². The summed E-state index contributed by atoms with van der Waals surface area (Å²) in [6.45, 7) is 1.68. The maximum atomic E-state index is 13.5. The highest BCUT2D eigenvalue weighted by atomic mass is 19.4. The van der Waals surface area contributed by atoms with Crippen LogP contribution in [0.25, 0.3) is 0 Å². The zero-order valence-electron chi connectivity index (χ0n) is 13.7. The number of benzene rings is 1. The number of ether oxygens (including phenoxy) is 1. The SMILES string of the molecule is COC1(C)C(C(N)=O)CCCN1c1ccc([N+](=O)[O-])cc1C(F)(F)F. The Hall–Kier alpha value is -2.36. The van der Waals surface area contributed by atoms with Gasteiger partial charge in [-0.15, -0.1) is 0 Å². The molecule has 1 aromatic rings. The van der Waals surface area contributed by atoms with Crippen LogP contribution in [0.15, 0.2) is 18.2 Å². The summed E-state index contributed by atoms with van der Waals surface area (Å²) < 4.78 is 45.8. The number of nitro groups is 1. The fourth-order valence-corrected chi connectivity index (χ4v) is 3.25. The van der Waals surface area contributed by atoms with Crippen molar-refractivity contribution in [3.63, 3.8) is 0 Å². The number of primary amides is 1. The van der Waals surface area contributed by atoms with Crippen LogP contribution in [0.1, 0.15) is 25.3 Å². The van der Waals surface area contributed by atoms with Gasteiger partial charge in [0.1, 0.15) is 5.72 Å². The molecule has 1 aromatic carbocycles. The second-order valence-electron chi connectivity index (χ2n) is 5.96. The van der Waals surface area contributed by atoms with Crippen LogP contribution < -0.4 is 10.6 Å². The summed E-state index contributed by atoms with van der Waals surface area (Å²) in [5, 5.41) is 10.8. The van der Waals surface area contributed by atoms with Gasteiger partial charge in [-0.05, 0) is 25.8 Å². The molecule has 2 rings (SSSR count). The molecule has 0 bridgehead atoms. The predicted octanol–water partition coefficient (Wildman–Crippen LogP) is 2.68. The number of carbonyl (C=O) groups excluding carboxylic acids is 1. The van der Waals surface area contributed by atoms with Crippen molar-refractivity contribution < 1.29 is 27.6 Å². The van der Waals surface area contributed by atoms with Gasteiger partial charge in [-0.1, -0.05) is 0 Å². The molecule has 2 unspecified atom stereocenters. The molecule has 10 heteroatoms. The lowest BCUT2D eigenvalue weighted by Crippen LogP contribution is -2.60. The lowest BCUT2D eigenvalue weighted by Gasteiger charge is -2.49. The molecule has 1 heterocycles. The number of nitro benzene ring substituents is 1. The van der Waals surface area contributed by atoms with Gasteiger partial charge in [0.2, 0.25) is 5.91 Å². The number of hydrogen-bond acceptors (Lipinski definition) is 5. The maximum absolute atomic E-state index is 13.5. The van der Waals surface area contributed by atoms with Crippen LogP contribution in [0.4, 0.5) is 24.5 Å². The van der Waals surface area contributed by atoms with Crippen molar-refractivity contribution in [1.29, 1.82) is 0 Å². The molecule has 2 atom stereocenters. The number of methoxy groups -OCH3 is 1. The van der Waals surface area contributed by atoms with E-state index in [1.54, 1.807) is 0 Å². The number of piperidine rings is 1. The number of non-ortho nitro benzene ring substituents is 1. The average molecular weight is 361 g/mol. The van der Waals surface area contributed by atoms with E-state index in [9.17, 15) is 28.1 Å². The number of nitrogens with zero attached hydrogens (tertiary/aromatic N) is 2. The van der Waals surface area contributed by atoms with Gasteiger partial charge in [-0.2, -0.15) is 13.2 Å². The maximum Gasteiger partial charge on any atom is 0.418 e. The van der Waals surface area contributed by atoms with Gasteiger partial charge in [-0.25, -0.2) is 0 Å². The molecule has 138 valence electrons. The van der Waals surface area contributed by atoms with Crippen LogP contribution in [0.3, 0.4) is 0 Å². The predicted molar refractivity (Wildman–Crippen MR) is 82.8 cm³/mol. The molecule has 1 fully saturated rings. The minimum atomic E-state index is -4.81. The normalized spacial score (nSPS) is 24.2. The van der Waals surface area contributed by atoms with Gasteiger partial charge < -0.3 is 15.4 Å². The van der Waals surface area contributed by atoms with E-state index < -0.39 is 39.9 Å². The van der Waals surface area contributed by atoms with Crippen LogP contribution in [-0.2, 0) is 15.7 Å². The molecule has 7 nitrogen and oxygen atoms in total. The monoisotopic (exact) mass is 361 g/mol. The third-order valence-corrected chi connectivity index (χ3v) is 4.60. The van der Waals surface area contributed by atoms with Crippen molar-refractivity contribution in [3.05, 3.63) is 33.9 Å². The minimum absolute atomic E-state index is 0.189. The summed E-state index contributed by atoms with van der Waals surface area (Å²) in [5.41, 5.74) is 1.89. The Morgan fingerprint density at radius 2 is 2.12 bits per heavy atom. The highest BCUT2D eigenvalue weighted by molar-refractivity contribution is 5.79. The molecule has 0 radical (unpaired) electrons. The minimum Gasteiger partial charge on any atom is -0.369 e. The first kappa shape index (κ1) is 19.0. The number of carbonyl (C=O) groups is 1. The topological polar surface area (TPSA) is 98.7 Å². The molecule has 25 heavy (non-hydrogen) atoms. The molecule has 1 saturated heterocycles. The average Bonchev–Trinajstić information content (AvgIpc) is 2.53. The third kappa shape index (κ3) is 3.39. The Labute approximate surface area is 141 Å². The van der Waals surface area contributed by atoms with Crippen molar-refractivity contribution in [1.82, 2.24) is 0 Å². The lowest BCUT2D eigenvalue weighted by atomic mass is 9.85. The highest BCUT2D eigenvalue weighted by Gasteiger charge is 2.48. The van der Waals surface area contributed by atoms with Gasteiger partial charge in [0, 0.05) is 25.8 Å². The van der Waals surface area contributed by atoms with Crippen molar-refractivity contribution >= 4 is 17.3 Å². The largest absolute Gasteiger partial charge is 0.418 e. The quantitative estimate of drug-likeness (QED) is 0.657. The summed E-state index contributed by atoms with van der Waals surface area (Å²) in [6, 6.07) is 2.51.